The van der Waals surface area contributed by atoms with Crippen molar-refractivity contribution in [3.63, 3.8) is 0 Å². The lowest BCUT2D eigenvalue weighted by Crippen LogP contribution is -2.34. The smallest absolute Gasteiger partial charge is 0.224 e. The first-order valence-electron chi connectivity index (χ1n) is 8.10. The zero-order valence-electron chi connectivity index (χ0n) is 14.5. The predicted octanol–water partition coefficient (Wildman–Crippen LogP) is 3.40. The fraction of sp³-hybridized carbons (Fsp3) is 0.300. The fourth-order valence-corrected chi connectivity index (χ4v) is 2.54. The molecule has 0 aliphatic carbocycles. The molecule has 4 nitrogen and oxygen atoms in total. The summed E-state index contributed by atoms with van der Waals surface area (Å²) in [5.41, 5.74) is 3.06. The monoisotopic (exact) mass is 324 g/mol. The van der Waals surface area contributed by atoms with Gasteiger partial charge in [0.2, 0.25) is 11.8 Å². The van der Waals surface area contributed by atoms with Crippen molar-refractivity contribution in [3.05, 3.63) is 65.7 Å². The summed E-state index contributed by atoms with van der Waals surface area (Å²) in [6.45, 7) is 4.49. The van der Waals surface area contributed by atoms with Crippen LogP contribution in [0.5, 0.6) is 0 Å². The van der Waals surface area contributed by atoms with Crippen LogP contribution in [0.2, 0.25) is 0 Å². The van der Waals surface area contributed by atoms with Gasteiger partial charge in [0, 0.05) is 39.2 Å². The molecule has 0 saturated carbocycles. The molecule has 0 aromatic heterocycles. The molecule has 0 heterocycles. The molecule has 0 aliphatic rings. The predicted molar refractivity (Wildman–Crippen MR) is 96.7 cm³/mol. The number of anilines is 1. The van der Waals surface area contributed by atoms with Gasteiger partial charge >= 0.3 is 0 Å². The van der Waals surface area contributed by atoms with Crippen molar-refractivity contribution in [2.75, 3.05) is 18.5 Å². The summed E-state index contributed by atoms with van der Waals surface area (Å²) in [4.78, 5) is 27.6. The Labute approximate surface area is 143 Å². The third kappa shape index (κ3) is 4.95. The molecule has 0 atom stereocenters. The first-order valence-corrected chi connectivity index (χ1v) is 8.10. The zero-order chi connectivity index (χ0) is 17.5. The van der Waals surface area contributed by atoms with Crippen molar-refractivity contribution in [3.8, 4) is 0 Å². The minimum Gasteiger partial charge on any atom is -0.341 e. The van der Waals surface area contributed by atoms with E-state index in [9.17, 15) is 9.59 Å². The fourth-order valence-electron chi connectivity index (χ4n) is 2.54. The Balaban J connectivity index is 1.94. The molecule has 2 aromatic rings. The van der Waals surface area contributed by atoms with Gasteiger partial charge in [0.25, 0.3) is 0 Å². The highest BCUT2D eigenvalue weighted by Gasteiger charge is 2.15. The average molecular weight is 324 g/mol. The standard InChI is InChI=1S/C20H24N2O2/c1-16-9-11-19(12-10-16)22(17(2)23)14-13-20(24)21(3)15-18-7-5-4-6-8-18/h4-12H,13-15H2,1-3H3. The van der Waals surface area contributed by atoms with Gasteiger partial charge in [0.1, 0.15) is 0 Å². The van der Waals surface area contributed by atoms with Gasteiger partial charge in [-0.2, -0.15) is 0 Å². The highest BCUT2D eigenvalue weighted by atomic mass is 16.2. The van der Waals surface area contributed by atoms with Gasteiger partial charge in [-0.1, -0.05) is 48.0 Å². The highest BCUT2D eigenvalue weighted by molar-refractivity contribution is 5.92. The van der Waals surface area contributed by atoms with E-state index in [1.807, 2.05) is 61.5 Å². The van der Waals surface area contributed by atoms with E-state index in [0.717, 1.165) is 16.8 Å². The van der Waals surface area contributed by atoms with E-state index in [4.69, 9.17) is 0 Å². The maximum atomic E-state index is 12.3. The molecule has 126 valence electrons. The number of carbonyl (C=O) groups excluding carboxylic acids is 2. The highest BCUT2D eigenvalue weighted by Crippen LogP contribution is 2.16. The Morgan fingerprint density at radius 3 is 2.17 bits per heavy atom. The number of benzene rings is 2. The number of hydrogen-bond donors (Lipinski definition) is 0. The van der Waals surface area contributed by atoms with E-state index >= 15 is 0 Å². The zero-order valence-corrected chi connectivity index (χ0v) is 14.5. The summed E-state index contributed by atoms with van der Waals surface area (Å²) in [5, 5.41) is 0. The Hall–Kier alpha value is -2.62. The van der Waals surface area contributed by atoms with Crippen molar-refractivity contribution in [1.29, 1.82) is 0 Å². The number of nitrogens with zero attached hydrogens (tertiary/aromatic N) is 2. The minimum atomic E-state index is -0.0580. The van der Waals surface area contributed by atoms with Gasteiger partial charge in [-0.15, -0.1) is 0 Å². The molecule has 0 spiro atoms. The van der Waals surface area contributed by atoms with Gasteiger partial charge in [0.05, 0.1) is 0 Å². The van der Waals surface area contributed by atoms with E-state index in [1.54, 1.807) is 16.8 Å². The van der Waals surface area contributed by atoms with Crippen LogP contribution in [0.15, 0.2) is 54.6 Å². The van der Waals surface area contributed by atoms with Gasteiger partial charge in [-0.3, -0.25) is 9.59 Å². The largest absolute Gasteiger partial charge is 0.341 e. The topological polar surface area (TPSA) is 40.6 Å². The van der Waals surface area contributed by atoms with Crippen molar-refractivity contribution in [2.45, 2.75) is 26.8 Å². The van der Waals surface area contributed by atoms with Crippen LogP contribution in [0.4, 0.5) is 5.69 Å². The van der Waals surface area contributed by atoms with E-state index in [-0.39, 0.29) is 11.8 Å². The summed E-state index contributed by atoms with van der Waals surface area (Å²) in [7, 11) is 1.79. The Bertz CT molecular complexity index is 681. The second-order valence-corrected chi connectivity index (χ2v) is 5.99. The number of amides is 2. The van der Waals surface area contributed by atoms with Crippen molar-refractivity contribution >= 4 is 17.5 Å². The van der Waals surface area contributed by atoms with Crippen LogP contribution >= 0.6 is 0 Å². The van der Waals surface area contributed by atoms with Gasteiger partial charge in [-0.25, -0.2) is 0 Å². The summed E-state index contributed by atoms with van der Waals surface area (Å²) in [6, 6.07) is 17.6. The Morgan fingerprint density at radius 1 is 0.958 bits per heavy atom. The number of hydrogen-bond acceptors (Lipinski definition) is 2. The van der Waals surface area contributed by atoms with Crippen LogP contribution in [-0.4, -0.2) is 30.3 Å². The second kappa shape index (κ2) is 8.29. The average Bonchev–Trinajstić information content (AvgIpc) is 2.57. The third-order valence-corrected chi connectivity index (χ3v) is 3.96. The van der Waals surface area contributed by atoms with E-state index in [0.29, 0.717) is 19.5 Å². The van der Waals surface area contributed by atoms with E-state index in [2.05, 4.69) is 0 Å². The first-order chi connectivity index (χ1) is 11.5. The van der Waals surface area contributed by atoms with Gasteiger partial charge < -0.3 is 9.80 Å². The van der Waals surface area contributed by atoms with Crippen LogP contribution in [-0.2, 0) is 16.1 Å². The molecular weight excluding hydrogens is 300 g/mol. The maximum absolute atomic E-state index is 12.3. The number of rotatable bonds is 6. The lowest BCUT2D eigenvalue weighted by Gasteiger charge is -2.23. The summed E-state index contributed by atoms with van der Waals surface area (Å²) in [5.74, 6) is -0.0328. The molecule has 0 saturated heterocycles. The van der Waals surface area contributed by atoms with E-state index < -0.39 is 0 Å². The molecule has 2 rings (SSSR count). The second-order valence-electron chi connectivity index (χ2n) is 5.99. The minimum absolute atomic E-state index is 0.0252. The van der Waals surface area contributed by atoms with Crippen LogP contribution < -0.4 is 4.90 Å². The van der Waals surface area contributed by atoms with Crippen molar-refractivity contribution in [2.24, 2.45) is 0 Å². The lowest BCUT2D eigenvalue weighted by molar-refractivity contribution is -0.130. The SMILES string of the molecule is CC(=O)N(CCC(=O)N(C)Cc1ccccc1)c1ccc(C)cc1. The molecular formula is C20H24N2O2. The summed E-state index contributed by atoms with van der Waals surface area (Å²) < 4.78 is 0. The quantitative estimate of drug-likeness (QED) is 0.817. The molecule has 0 bridgehead atoms. The Kier molecular flexibility index (Phi) is 6.13. The molecule has 0 aliphatic heterocycles. The lowest BCUT2D eigenvalue weighted by atomic mass is 10.2. The van der Waals surface area contributed by atoms with E-state index in [1.165, 1.54) is 6.92 Å². The van der Waals surface area contributed by atoms with Gasteiger partial charge in [0.15, 0.2) is 0 Å². The van der Waals surface area contributed by atoms with Crippen LogP contribution in [0.3, 0.4) is 0 Å². The summed E-state index contributed by atoms with van der Waals surface area (Å²) in [6.07, 6.45) is 0.302. The molecule has 0 N–H and O–H groups in total. The maximum Gasteiger partial charge on any atom is 0.224 e. The summed E-state index contributed by atoms with van der Waals surface area (Å²) >= 11 is 0. The third-order valence-electron chi connectivity index (χ3n) is 3.96. The molecule has 2 aromatic carbocycles. The van der Waals surface area contributed by atoms with Crippen LogP contribution in [0, 0.1) is 6.92 Å². The Morgan fingerprint density at radius 2 is 1.58 bits per heavy atom. The molecule has 2 amide bonds. The number of aryl methyl sites for hydroxylation is 1. The van der Waals surface area contributed by atoms with Crippen molar-refractivity contribution in [1.82, 2.24) is 4.90 Å². The molecule has 0 radical (unpaired) electrons. The first kappa shape index (κ1) is 17.7. The van der Waals surface area contributed by atoms with Gasteiger partial charge in [-0.05, 0) is 24.6 Å². The van der Waals surface area contributed by atoms with Crippen LogP contribution in [0.25, 0.3) is 0 Å². The molecule has 24 heavy (non-hydrogen) atoms. The molecule has 4 heteroatoms. The van der Waals surface area contributed by atoms with Crippen LogP contribution in [0.1, 0.15) is 24.5 Å². The van der Waals surface area contributed by atoms with Crippen molar-refractivity contribution < 1.29 is 9.59 Å². The normalized spacial score (nSPS) is 10.3. The number of carbonyl (C=O) groups is 2. The molecule has 0 unspecified atom stereocenters. The molecule has 0 fully saturated rings.